The number of methoxy groups -OCH3 is 1. The molecule has 146 valence electrons. The topological polar surface area (TPSA) is 96.0 Å². The molecule has 2 rings (SSSR count). The number of ether oxygens (including phenoxy) is 3. The average Bonchev–Trinajstić information content (AvgIpc) is 2.88. The third-order valence-corrected chi connectivity index (χ3v) is 6.52. The van der Waals surface area contributed by atoms with Crippen molar-refractivity contribution in [2.45, 2.75) is 66.1 Å². The van der Waals surface area contributed by atoms with Gasteiger partial charge >= 0.3 is 17.9 Å². The zero-order valence-electron chi connectivity index (χ0n) is 16.5. The second-order valence-electron chi connectivity index (χ2n) is 8.17. The molecule has 0 aromatic heterocycles. The molecule has 7 heteroatoms. The van der Waals surface area contributed by atoms with Gasteiger partial charge in [-0.25, -0.2) is 0 Å². The van der Waals surface area contributed by atoms with Crippen molar-refractivity contribution >= 4 is 23.7 Å². The summed E-state index contributed by atoms with van der Waals surface area (Å²) in [4.78, 5) is 49.1. The predicted octanol–water partition coefficient (Wildman–Crippen LogP) is 2.05. The van der Waals surface area contributed by atoms with Gasteiger partial charge in [-0.3, -0.25) is 19.2 Å². The van der Waals surface area contributed by atoms with E-state index in [1.807, 2.05) is 6.92 Å². The molecule has 2 fully saturated rings. The van der Waals surface area contributed by atoms with Crippen molar-refractivity contribution in [1.82, 2.24) is 0 Å². The predicted molar refractivity (Wildman–Crippen MR) is 90.9 cm³/mol. The molecule has 26 heavy (non-hydrogen) atoms. The molecule has 0 spiro atoms. The van der Waals surface area contributed by atoms with Crippen LogP contribution in [0.1, 0.15) is 54.4 Å². The standard InChI is InChI=1S/C19H28O7/c1-10-8-14(25-12(3)21)15-17(5,6)19(11(2)20,26-13(4)22)9-18(10,15)16(23)24-7/h10,14-15H,8-9H2,1-7H3/t10-,14+,15+,18-,19?/m1/s1. The van der Waals surface area contributed by atoms with E-state index in [4.69, 9.17) is 14.2 Å². The van der Waals surface area contributed by atoms with E-state index in [1.54, 1.807) is 13.8 Å². The lowest BCUT2D eigenvalue weighted by molar-refractivity contribution is -0.181. The Morgan fingerprint density at radius 3 is 2.00 bits per heavy atom. The Hall–Kier alpha value is -1.92. The van der Waals surface area contributed by atoms with Crippen LogP contribution in [0, 0.1) is 22.7 Å². The van der Waals surface area contributed by atoms with Gasteiger partial charge in [-0.05, 0) is 19.3 Å². The van der Waals surface area contributed by atoms with Crippen molar-refractivity contribution in [2.75, 3.05) is 7.11 Å². The molecule has 0 N–H and O–H groups in total. The minimum absolute atomic E-state index is 0.0260. The van der Waals surface area contributed by atoms with E-state index in [1.165, 1.54) is 27.9 Å². The number of fused-ring (bicyclic) bond motifs is 1. The lowest BCUT2D eigenvalue weighted by Crippen LogP contribution is -2.53. The summed E-state index contributed by atoms with van der Waals surface area (Å²) in [6.45, 7) is 9.39. The Labute approximate surface area is 153 Å². The molecule has 0 heterocycles. The maximum absolute atomic E-state index is 12.9. The van der Waals surface area contributed by atoms with Crippen molar-refractivity contribution < 1.29 is 33.4 Å². The lowest BCUT2D eigenvalue weighted by atomic mass is 9.67. The number of hydrogen-bond acceptors (Lipinski definition) is 7. The van der Waals surface area contributed by atoms with Crippen molar-refractivity contribution in [3.8, 4) is 0 Å². The fourth-order valence-corrected chi connectivity index (χ4v) is 5.60. The van der Waals surface area contributed by atoms with Crippen LogP contribution in [0.25, 0.3) is 0 Å². The SMILES string of the molecule is COC(=O)[C@@]12CC(OC(C)=O)(C(C)=O)C(C)(C)[C@@H]1[C@@H](OC(C)=O)C[C@H]2C. The van der Waals surface area contributed by atoms with E-state index >= 15 is 0 Å². The van der Waals surface area contributed by atoms with E-state index in [2.05, 4.69) is 0 Å². The summed E-state index contributed by atoms with van der Waals surface area (Å²) in [7, 11) is 1.30. The number of rotatable bonds is 4. The van der Waals surface area contributed by atoms with Gasteiger partial charge in [0.1, 0.15) is 6.10 Å². The van der Waals surface area contributed by atoms with Gasteiger partial charge in [0.05, 0.1) is 12.5 Å². The molecule has 7 nitrogen and oxygen atoms in total. The first-order valence-corrected chi connectivity index (χ1v) is 8.83. The molecule has 0 aromatic carbocycles. The molecule has 2 aliphatic carbocycles. The van der Waals surface area contributed by atoms with Crippen molar-refractivity contribution in [2.24, 2.45) is 22.7 Å². The molecule has 0 aliphatic heterocycles. The molecule has 2 aliphatic rings. The number of ketones is 1. The van der Waals surface area contributed by atoms with E-state index in [0.29, 0.717) is 6.42 Å². The molecule has 5 atom stereocenters. The first-order chi connectivity index (χ1) is 11.9. The van der Waals surface area contributed by atoms with E-state index in [9.17, 15) is 19.2 Å². The molecular weight excluding hydrogens is 340 g/mol. The molecule has 0 radical (unpaired) electrons. The van der Waals surface area contributed by atoms with Gasteiger partial charge in [0.15, 0.2) is 11.4 Å². The summed E-state index contributed by atoms with van der Waals surface area (Å²) in [5, 5.41) is 0. The Morgan fingerprint density at radius 1 is 1.00 bits per heavy atom. The Balaban J connectivity index is 2.71. The van der Waals surface area contributed by atoms with Gasteiger partial charge in [0, 0.05) is 31.6 Å². The summed E-state index contributed by atoms with van der Waals surface area (Å²) >= 11 is 0. The minimum atomic E-state index is -1.48. The highest BCUT2D eigenvalue weighted by Gasteiger charge is 2.78. The van der Waals surface area contributed by atoms with Crippen LogP contribution in [0.3, 0.4) is 0 Å². The number of esters is 3. The zero-order valence-corrected chi connectivity index (χ0v) is 16.5. The number of hydrogen-bond donors (Lipinski definition) is 0. The average molecular weight is 368 g/mol. The Kier molecular flexibility index (Phi) is 4.98. The van der Waals surface area contributed by atoms with Crippen LogP contribution in [-0.4, -0.2) is 42.5 Å². The molecule has 2 saturated carbocycles. The minimum Gasteiger partial charge on any atom is -0.469 e. The largest absolute Gasteiger partial charge is 0.469 e. The lowest BCUT2D eigenvalue weighted by Gasteiger charge is -2.42. The van der Waals surface area contributed by atoms with Crippen LogP contribution in [0.4, 0.5) is 0 Å². The van der Waals surface area contributed by atoms with Gasteiger partial charge in [-0.1, -0.05) is 20.8 Å². The molecule has 0 amide bonds. The van der Waals surface area contributed by atoms with Gasteiger partial charge in [-0.15, -0.1) is 0 Å². The summed E-state index contributed by atoms with van der Waals surface area (Å²) in [5.41, 5.74) is -3.48. The fourth-order valence-electron chi connectivity index (χ4n) is 5.60. The first kappa shape index (κ1) is 20.4. The molecule has 0 aromatic rings. The Bertz CT molecular complexity index is 652. The smallest absolute Gasteiger partial charge is 0.312 e. The van der Waals surface area contributed by atoms with Crippen molar-refractivity contribution in [3.05, 3.63) is 0 Å². The zero-order chi connectivity index (χ0) is 20.1. The summed E-state index contributed by atoms with van der Waals surface area (Å²) in [6.07, 6.45) is -0.0527. The first-order valence-electron chi connectivity index (χ1n) is 8.83. The van der Waals surface area contributed by atoms with Gasteiger partial charge in [0.25, 0.3) is 0 Å². The van der Waals surface area contributed by atoms with E-state index in [-0.39, 0.29) is 18.1 Å². The summed E-state index contributed by atoms with van der Waals surface area (Å²) in [5.74, 6) is -2.56. The quantitative estimate of drug-likeness (QED) is 0.553. The maximum Gasteiger partial charge on any atom is 0.312 e. The Morgan fingerprint density at radius 2 is 1.58 bits per heavy atom. The second-order valence-corrected chi connectivity index (χ2v) is 8.17. The molecule has 1 unspecified atom stereocenters. The fraction of sp³-hybridized carbons (Fsp3) is 0.789. The number of carbonyl (C=O) groups excluding carboxylic acids is 4. The normalized spacial score (nSPS) is 37.6. The van der Waals surface area contributed by atoms with Crippen LogP contribution in [0.5, 0.6) is 0 Å². The number of carbonyl (C=O) groups is 4. The van der Waals surface area contributed by atoms with Crippen LogP contribution in [0.15, 0.2) is 0 Å². The van der Waals surface area contributed by atoms with Crippen LogP contribution < -0.4 is 0 Å². The molecule has 0 bridgehead atoms. The summed E-state index contributed by atoms with van der Waals surface area (Å²) < 4.78 is 16.2. The molecular formula is C19H28O7. The van der Waals surface area contributed by atoms with Gasteiger partial charge < -0.3 is 14.2 Å². The highest BCUT2D eigenvalue weighted by atomic mass is 16.6. The molecule has 0 saturated heterocycles. The second kappa shape index (κ2) is 6.35. The van der Waals surface area contributed by atoms with Crippen LogP contribution in [0.2, 0.25) is 0 Å². The highest BCUT2D eigenvalue weighted by Crippen LogP contribution is 2.70. The van der Waals surface area contributed by atoms with Crippen LogP contribution >= 0.6 is 0 Å². The van der Waals surface area contributed by atoms with Gasteiger partial charge in [0.2, 0.25) is 0 Å². The van der Waals surface area contributed by atoms with Crippen LogP contribution in [-0.2, 0) is 33.4 Å². The van der Waals surface area contributed by atoms with E-state index in [0.717, 1.165) is 0 Å². The van der Waals surface area contributed by atoms with Crippen molar-refractivity contribution in [1.29, 1.82) is 0 Å². The number of Topliss-reactive ketones (excluding diaryl/α,β-unsaturated/α-hetero) is 1. The third-order valence-electron chi connectivity index (χ3n) is 6.52. The van der Waals surface area contributed by atoms with E-state index < -0.39 is 46.4 Å². The summed E-state index contributed by atoms with van der Waals surface area (Å²) in [6, 6.07) is 0. The third kappa shape index (κ3) is 2.55. The maximum atomic E-state index is 12.9. The monoisotopic (exact) mass is 368 g/mol. The van der Waals surface area contributed by atoms with Gasteiger partial charge in [-0.2, -0.15) is 0 Å². The van der Waals surface area contributed by atoms with Crippen molar-refractivity contribution in [3.63, 3.8) is 0 Å². The highest BCUT2D eigenvalue weighted by molar-refractivity contribution is 5.92.